The number of amides is 1. The number of hydrogen-bond donors (Lipinski definition) is 0. The SMILES string of the molecule is C#CCn1c(=NC(=O)C(C)Oc2ccccc2)sc2cc(C)c(C)cc21. The van der Waals surface area contributed by atoms with E-state index in [4.69, 9.17) is 11.2 Å². The van der Waals surface area contributed by atoms with Gasteiger partial charge >= 0.3 is 0 Å². The number of ether oxygens (including phenoxy) is 1. The number of aryl methyl sites for hydroxylation is 2. The van der Waals surface area contributed by atoms with Gasteiger partial charge in [-0.15, -0.1) is 6.42 Å². The third kappa shape index (κ3) is 3.71. The molecule has 0 bridgehead atoms. The Bertz CT molecular complexity index is 1060. The first-order valence-corrected chi connectivity index (χ1v) is 9.15. The molecule has 5 heteroatoms. The molecule has 2 aromatic carbocycles. The van der Waals surface area contributed by atoms with E-state index in [0.29, 0.717) is 17.1 Å². The van der Waals surface area contributed by atoms with Gasteiger partial charge in [-0.1, -0.05) is 35.5 Å². The van der Waals surface area contributed by atoms with E-state index in [0.717, 1.165) is 10.2 Å². The number of benzene rings is 2. The molecule has 0 saturated heterocycles. The fourth-order valence-electron chi connectivity index (χ4n) is 2.59. The highest BCUT2D eigenvalue weighted by molar-refractivity contribution is 7.16. The molecule has 1 aromatic heterocycles. The van der Waals surface area contributed by atoms with E-state index in [1.165, 1.54) is 22.5 Å². The molecule has 1 unspecified atom stereocenters. The summed E-state index contributed by atoms with van der Waals surface area (Å²) in [6.07, 6.45) is 4.85. The van der Waals surface area contributed by atoms with Gasteiger partial charge in [-0.05, 0) is 56.2 Å². The Labute approximate surface area is 156 Å². The summed E-state index contributed by atoms with van der Waals surface area (Å²) in [5, 5.41) is 0. The number of carbonyl (C=O) groups is 1. The third-order valence-electron chi connectivity index (χ3n) is 4.16. The highest BCUT2D eigenvalue weighted by Gasteiger charge is 2.15. The molecule has 0 aliphatic rings. The van der Waals surface area contributed by atoms with Gasteiger partial charge in [0.05, 0.1) is 16.8 Å². The third-order valence-corrected chi connectivity index (χ3v) is 5.20. The van der Waals surface area contributed by atoms with Crippen LogP contribution in [0.2, 0.25) is 0 Å². The van der Waals surface area contributed by atoms with Crippen molar-refractivity contribution in [3.05, 3.63) is 58.4 Å². The molecule has 1 atom stereocenters. The zero-order valence-corrected chi connectivity index (χ0v) is 15.8. The predicted octanol–water partition coefficient (Wildman–Crippen LogP) is 3.85. The Hall–Kier alpha value is -2.84. The Morgan fingerprint density at radius 2 is 1.96 bits per heavy atom. The maximum absolute atomic E-state index is 12.5. The molecule has 1 heterocycles. The van der Waals surface area contributed by atoms with Crippen molar-refractivity contribution in [1.82, 2.24) is 4.57 Å². The second-order valence-electron chi connectivity index (χ2n) is 6.10. The minimum absolute atomic E-state index is 0.334. The highest BCUT2D eigenvalue weighted by Crippen LogP contribution is 2.22. The number of hydrogen-bond acceptors (Lipinski definition) is 3. The van der Waals surface area contributed by atoms with Crippen LogP contribution in [0.4, 0.5) is 0 Å². The van der Waals surface area contributed by atoms with Crippen LogP contribution in [0, 0.1) is 26.2 Å². The molecule has 0 aliphatic carbocycles. The van der Waals surface area contributed by atoms with Gasteiger partial charge in [0.2, 0.25) is 0 Å². The van der Waals surface area contributed by atoms with Gasteiger partial charge in [-0.3, -0.25) is 4.79 Å². The van der Waals surface area contributed by atoms with Gasteiger partial charge in [0.25, 0.3) is 5.91 Å². The van der Waals surface area contributed by atoms with Crippen molar-refractivity contribution >= 4 is 27.5 Å². The van der Waals surface area contributed by atoms with Gasteiger partial charge < -0.3 is 9.30 Å². The van der Waals surface area contributed by atoms with Crippen molar-refractivity contribution in [2.24, 2.45) is 4.99 Å². The van der Waals surface area contributed by atoms with Crippen molar-refractivity contribution in [3.8, 4) is 18.1 Å². The van der Waals surface area contributed by atoms with Crippen LogP contribution in [-0.2, 0) is 11.3 Å². The first kappa shape index (κ1) is 18.0. The van der Waals surface area contributed by atoms with E-state index >= 15 is 0 Å². The number of carbonyl (C=O) groups excluding carboxylic acids is 1. The molecular formula is C21H20N2O2S. The number of aromatic nitrogens is 1. The first-order valence-electron chi connectivity index (χ1n) is 8.34. The van der Waals surface area contributed by atoms with Gasteiger partial charge in [0.15, 0.2) is 10.9 Å². The molecular weight excluding hydrogens is 344 g/mol. The van der Waals surface area contributed by atoms with E-state index in [-0.39, 0.29) is 5.91 Å². The number of thiazole rings is 1. The van der Waals surface area contributed by atoms with E-state index in [1.54, 1.807) is 6.92 Å². The van der Waals surface area contributed by atoms with Crippen LogP contribution in [0.1, 0.15) is 18.1 Å². The maximum atomic E-state index is 12.5. The van der Waals surface area contributed by atoms with Crippen LogP contribution < -0.4 is 9.54 Å². The van der Waals surface area contributed by atoms with Gasteiger partial charge in [-0.25, -0.2) is 0 Å². The zero-order chi connectivity index (χ0) is 18.7. The van der Waals surface area contributed by atoms with Crippen LogP contribution in [0.3, 0.4) is 0 Å². The van der Waals surface area contributed by atoms with E-state index < -0.39 is 6.10 Å². The minimum Gasteiger partial charge on any atom is -0.481 e. The molecule has 3 rings (SSSR count). The summed E-state index contributed by atoms with van der Waals surface area (Å²) in [5.74, 6) is 2.95. The smallest absolute Gasteiger partial charge is 0.289 e. The predicted molar refractivity (Wildman–Crippen MR) is 105 cm³/mol. The van der Waals surface area contributed by atoms with Crippen molar-refractivity contribution in [2.75, 3.05) is 0 Å². The summed E-state index contributed by atoms with van der Waals surface area (Å²) in [5.41, 5.74) is 3.38. The Morgan fingerprint density at radius 3 is 2.65 bits per heavy atom. The largest absolute Gasteiger partial charge is 0.481 e. The van der Waals surface area contributed by atoms with Crippen LogP contribution in [0.15, 0.2) is 47.5 Å². The second kappa shape index (κ2) is 7.59. The summed E-state index contributed by atoms with van der Waals surface area (Å²) in [6.45, 7) is 6.19. The van der Waals surface area contributed by atoms with Crippen LogP contribution >= 0.6 is 11.3 Å². The molecule has 3 aromatic rings. The normalized spacial score (nSPS) is 12.8. The topological polar surface area (TPSA) is 43.6 Å². The zero-order valence-electron chi connectivity index (χ0n) is 15.0. The second-order valence-corrected chi connectivity index (χ2v) is 7.11. The molecule has 0 spiro atoms. The number of terminal acetylenes is 1. The van der Waals surface area contributed by atoms with Crippen LogP contribution in [0.25, 0.3) is 10.2 Å². The maximum Gasteiger partial charge on any atom is 0.289 e. The summed E-state index contributed by atoms with van der Waals surface area (Å²) in [6, 6.07) is 13.4. The van der Waals surface area contributed by atoms with Gasteiger partial charge in [0.1, 0.15) is 5.75 Å². The number of nitrogens with zero attached hydrogens (tertiary/aromatic N) is 2. The molecule has 4 nitrogen and oxygen atoms in total. The Morgan fingerprint density at radius 1 is 1.27 bits per heavy atom. The molecule has 132 valence electrons. The molecule has 0 saturated carbocycles. The van der Waals surface area contributed by atoms with Crippen LogP contribution in [0.5, 0.6) is 5.75 Å². The molecule has 0 N–H and O–H groups in total. The molecule has 26 heavy (non-hydrogen) atoms. The van der Waals surface area contributed by atoms with Crippen molar-refractivity contribution in [1.29, 1.82) is 0 Å². The van der Waals surface area contributed by atoms with E-state index in [2.05, 4.69) is 36.9 Å². The average Bonchev–Trinajstić information content (AvgIpc) is 2.93. The summed E-state index contributed by atoms with van der Waals surface area (Å²) >= 11 is 1.46. The van der Waals surface area contributed by atoms with E-state index in [1.807, 2.05) is 34.9 Å². The highest BCUT2D eigenvalue weighted by atomic mass is 32.1. The fraction of sp³-hybridized carbons (Fsp3) is 0.238. The number of para-hydroxylation sites is 1. The lowest BCUT2D eigenvalue weighted by atomic mass is 10.1. The lowest BCUT2D eigenvalue weighted by molar-refractivity contribution is -0.124. The van der Waals surface area contributed by atoms with Crippen molar-refractivity contribution in [2.45, 2.75) is 33.4 Å². The standard InChI is InChI=1S/C21H20N2O2S/c1-5-11-23-18-12-14(2)15(3)13-19(18)26-21(23)22-20(24)16(4)25-17-9-7-6-8-10-17/h1,6-10,12-13,16H,11H2,2-4H3. The summed E-state index contributed by atoms with van der Waals surface area (Å²) in [7, 11) is 0. The lowest BCUT2D eigenvalue weighted by Gasteiger charge is -2.10. The average molecular weight is 364 g/mol. The van der Waals surface area contributed by atoms with Gasteiger partial charge in [-0.2, -0.15) is 4.99 Å². The monoisotopic (exact) mass is 364 g/mol. The molecule has 0 radical (unpaired) electrons. The minimum atomic E-state index is -0.676. The summed E-state index contributed by atoms with van der Waals surface area (Å²) in [4.78, 5) is 17.4. The molecule has 0 fully saturated rings. The Kier molecular flexibility index (Phi) is 5.24. The quantitative estimate of drug-likeness (QED) is 0.660. The summed E-state index contributed by atoms with van der Waals surface area (Å²) < 4.78 is 8.64. The van der Waals surface area contributed by atoms with Crippen LogP contribution in [-0.4, -0.2) is 16.6 Å². The Balaban J connectivity index is 1.99. The molecule has 0 aliphatic heterocycles. The van der Waals surface area contributed by atoms with Crippen molar-refractivity contribution < 1.29 is 9.53 Å². The number of rotatable bonds is 4. The molecule has 1 amide bonds. The van der Waals surface area contributed by atoms with Gasteiger partial charge in [0, 0.05) is 0 Å². The fourth-order valence-corrected chi connectivity index (χ4v) is 3.70. The lowest BCUT2D eigenvalue weighted by Crippen LogP contribution is -2.26. The van der Waals surface area contributed by atoms with Crippen molar-refractivity contribution in [3.63, 3.8) is 0 Å². The number of fused-ring (bicyclic) bond motifs is 1. The van der Waals surface area contributed by atoms with E-state index in [9.17, 15) is 4.79 Å². The first-order chi connectivity index (χ1) is 12.5.